The quantitative estimate of drug-likeness (QED) is 0.448. The second kappa shape index (κ2) is 16.6. The predicted molar refractivity (Wildman–Crippen MR) is 86.9 cm³/mol. The van der Waals surface area contributed by atoms with Crippen LogP contribution in [0.15, 0.2) is 0 Å². The van der Waals surface area contributed by atoms with Crippen LogP contribution in [0.2, 0.25) is 0 Å². The highest BCUT2D eigenvalue weighted by atomic mass is 32.2. The lowest BCUT2D eigenvalue weighted by Crippen LogP contribution is -2.11. The van der Waals surface area contributed by atoms with Crippen molar-refractivity contribution in [3.8, 4) is 24.3 Å². The normalized spacial score (nSPS) is 12.3. The summed E-state index contributed by atoms with van der Waals surface area (Å²) in [6.45, 7) is 1.88. The zero-order chi connectivity index (χ0) is 17.2. The van der Waals surface area contributed by atoms with E-state index in [1.165, 1.54) is 0 Å². The topological polar surface area (TPSA) is 114 Å². The second-order valence-electron chi connectivity index (χ2n) is 4.81. The first-order chi connectivity index (χ1) is 11.3. The molecule has 0 radical (unpaired) electrons. The van der Waals surface area contributed by atoms with Gasteiger partial charge in [0.15, 0.2) is 0 Å². The van der Waals surface area contributed by atoms with Crippen LogP contribution in [-0.2, 0) is 9.47 Å². The summed E-state index contributed by atoms with van der Waals surface area (Å²) in [5, 5.41) is 34.7. The molecule has 0 rings (SSSR count). The van der Waals surface area contributed by atoms with Crippen molar-refractivity contribution in [2.75, 3.05) is 37.9 Å². The van der Waals surface area contributed by atoms with E-state index in [9.17, 15) is 0 Å². The van der Waals surface area contributed by atoms with Gasteiger partial charge in [0, 0.05) is 24.3 Å². The fourth-order valence-corrected chi connectivity index (χ4v) is 2.31. The summed E-state index contributed by atoms with van der Waals surface area (Å²) in [5.41, 5.74) is 0. The molecule has 0 aliphatic rings. The molecule has 2 atom stereocenters. The molecule has 0 spiro atoms. The van der Waals surface area contributed by atoms with Gasteiger partial charge in [0.05, 0.1) is 62.5 Å². The van der Waals surface area contributed by atoms with E-state index in [0.29, 0.717) is 52.1 Å². The lowest BCUT2D eigenvalue weighted by atomic mass is 10.1. The van der Waals surface area contributed by atoms with Gasteiger partial charge in [0.25, 0.3) is 0 Å². The first-order valence-corrected chi connectivity index (χ1v) is 8.70. The Labute approximate surface area is 142 Å². The smallest absolute Gasteiger partial charge is 0.0707 e. The highest BCUT2D eigenvalue weighted by molar-refractivity contribution is 7.99. The Kier molecular flexibility index (Phi) is 15.3. The molecule has 0 saturated heterocycles. The van der Waals surface area contributed by atoms with E-state index >= 15 is 0 Å². The average Bonchev–Trinajstić information content (AvgIpc) is 2.58. The maximum Gasteiger partial charge on any atom is 0.0707 e. The molecule has 0 heterocycles. The lowest BCUT2D eigenvalue weighted by molar-refractivity contribution is 0.124. The predicted octanol–water partition coefficient (Wildman–Crippen LogP) is 2.64. The minimum absolute atomic E-state index is 0.209. The van der Waals surface area contributed by atoms with Crippen LogP contribution >= 0.6 is 11.8 Å². The van der Waals surface area contributed by atoms with E-state index in [0.717, 1.165) is 11.5 Å². The maximum atomic E-state index is 8.87. The Hall–Kier alpha value is -1.77. The summed E-state index contributed by atoms with van der Waals surface area (Å²) in [6, 6.07) is 8.32. The van der Waals surface area contributed by atoms with E-state index in [2.05, 4.69) is 12.1 Å². The summed E-state index contributed by atoms with van der Waals surface area (Å²) in [6.07, 6.45) is 1.87. The molecule has 124 valence electrons. The van der Waals surface area contributed by atoms with Gasteiger partial charge in [0.1, 0.15) is 0 Å². The van der Waals surface area contributed by atoms with E-state index < -0.39 is 0 Å². The van der Waals surface area contributed by atoms with Crippen LogP contribution in [0.5, 0.6) is 0 Å². The molecular weight excluding hydrogens is 312 g/mol. The number of nitriles is 4. The van der Waals surface area contributed by atoms with Gasteiger partial charge >= 0.3 is 0 Å². The van der Waals surface area contributed by atoms with E-state index in [1.54, 1.807) is 11.8 Å². The Balaban J connectivity index is 3.43. The molecule has 0 aromatic rings. The van der Waals surface area contributed by atoms with Crippen molar-refractivity contribution in [1.29, 1.82) is 21.0 Å². The first kappa shape index (κ1) is 21.2. The Morgan fingerprint density at radius 2 is 1.17 bits per heavy atom. The Morgan fingerprint density at radius 1 is 0.739 bits per heavy atom. The van der Waals surface area contributed by atoms with Crippen molar-refractivity contribution < 1.29 is 9.47 Å². The molecule has 0 aromatic heterocycles. The highest BCUT2D eigenvalue weighted by Crippen LogP contribution is 2.08. The van der Waals surface area contributed by atoms with Crippen LogP contribution < -0.4 is 0 Å². The Bertz CT molecular complexity index is 417. The Morgan fingerprint density at radius 3 is 1.52 bits per heavy atom. The number of hydrogen-bond donors (Lipinski definition) is 0. The molecular formula is C16H22N4O2S. The SMILES string of the molecule is N#CCCC(C#N)COCCSCCOCC(C#N)CCC#N. The molecule has 2 unspecified atom stereocenters. The van der Waals surface area contributed by atoms with Crippen molar-refractivity contribution >= 4 is 11.8 Å². The van der Waals surface area contributed by atoms with E-state index in [-0.39, 0.29) is 11.8 Å². The van der Waals surface area contributed by atoms with Crippen molar-refractivity contribution in [1.82, 2.24) is 0 Å². The van der Waals surface area contributed by atoms with Gasteiger partial charge in [-0.3, -0.25) is 0 Å². The van der Waals surface area contributed by atoms with Gasteiger partial charge in [-0.2, -0.15) is 32.8 Å². The molecule has 0 saturated carbocycles. The summed E-state index contributed by atoms with van der Waals surface area (Å²) >= 11 is 1.69. The van der Waals surface area contributed by atoms with Crippen molar-refractivity contribution in [2.24, 2.45) is 11.8 Å². The lowest BCUT2D eigenvalue weighted by Gasteiger charge is -2.09. The summed E-state index contributed by atoms with van der Waals surface area (Å²) < 4.78 is 10.8. The maximum absolute atomic E-state index is 8.87. The minimum Gasteiger partial charge on any atom is -0.379 e. The molecule has 0 fully saturated rings. The number of hydrogen-bond acceptors (Lipinski definition) is 7. The molecule has 0 bridgehead atoms. The molecule has 0 N–H and O–H groups in total. The largest absolute Gasteiger partial charge is 0.379 e. The molecule has 6 nitrogen and oxygen atoms in total. The molecule has 0 aliphatic carbocycles. The third-order valence-corrected chi connectivity index (χ3v) is 3.87. The second-order valence-corrected chi connectivity index (χ2v) is 6.03. The van der Waals surface area contributed by atoms with E-state index in [4.69, 9.17) is 30.5 Å². The van der Waals surface area contributed by atoms with Gasteiger partial charge in [-0.05, 0) is 12.8 Å². The monoisotopic (exact) mass is 334 g/mol. The standard InChI is InChI=1S/C16H22N4O2S/c17-5-1-3-15(11-19)13-21-7-9-23-10-8-22-14-16(12-20)4-2-6-18/h15-16H,1-4,7-10,13-14H2. The van der Waals surface area contributed by atoms with Crippen molar-refractivity contribution in [3.05, 3.63) is 0 Å². The van der Waals surface area contributed by atoms with Gasteiger partial charge < -0.3 is 9.47 Å². The number of nitrogens with zero attached hydrogens (tertiary/aromatic N) is 4. The molecule has 7 heteroatoms. The van der Waals surface area contributed by atoms with Crippen molar-refractivity contribution in [2.45, 2.75) is 25.7 Å². The van der Waals surface area contributed by atoms with Crippen LogP contribution in [0.1, 0.15) is 25.7 Å². The molecule has 0 amide bonds. The van der Waals surface area contributed by atoms with Gasteiger partial charge in [0.2, 0.25) is 0 Å². The molecule has 0 aromatic carbocycles. The van der Waals surface area contributed by atoms with Gasteiger partial charge in [-0.15, -0.1) is 0 Å². The first-order valence-electron chi connectivity index (χ1n) is 7.54. The average molecular weight is 334 g/mol. The van der Waals surface area contributed by atoms with Crippen LogP contribution in [0, 0.1) is 57.2 Å². The summed E-state index contributed by atoms with van der Waals surface area (Å²) in [4.78, 5) is 0. The van der Waals surface area contributed by atoms with E-state index in [1.807, 2.05) is 12.1 Å². The minimum atomic E-state index is -0.209. The summed E-state index contributed by atoms with van der Waals surface area (Å²) in [5.74, 6) is 1.21. The van der Waals surface area contributed by atoms with Crippen LogP contribution in [0.4, 0.5) is 0 Å². The number of ether oxygens (including phenoxy) is 2. The molecule has 23 heavy (non-hydrogen) atoms. The van der Waals surface area contributed by atoms with Crippen LogP contribution in [0.3, 0.4) is 0 Å². The van der Waals surface area contributed by atoms with Crippen molar-refractivity contribution in [3.63, 3.8) is 0 Å². The molecule has 0 aliphatic heterocycles. The highest BCUT2D eigenvalue weighted by Gasteiger charge is 2.08. The number of rotatable bonds is 14. The third-order valence-electron chi connectivity index (χ3n) is 2.96. The number of thioether (sulfide) groups is 1. The summed E-state index contributed by atoms with van der Waals surface area (Å²) in [7, 11) is 0. The zero-order valence-corrected chi connectivity index (χ0v) is 14.1. The fourth-order valence-electron chi connectivity index (χ4n) is 1.64. The van der Waals surface area contributed by atoms with Crippen LogP contribution in [-0.4, -0.2) is 37.9 Å². The zero-order valence-electron chi connectivity index (χ0n) is 13.2. The van der Waals surface area contributed by atoms with Crippen LogP contribution in [0.25, 0.3) is 0 Å². The fraction of sp³-hybridized carbons (Fsp3) is 0.750. The third kappa shape index (κ3) is 13.6. The van der Waals surface area contributed by atoms with Gasteiger partial charge in [-0.25, -0.2) is 0 Å². The van der Waals surface area contributed by atoms with Gasteiger partial charge in [-0.1, -0.05) is 0 Å².